The summed E-state index contributed by atoms with van der Waals surface area (Å²) in [6.45, 7) is 0.0906. The van der Waals surface area contributed by atoms with Gasteiger partial charge in [-0.1, -0.05) is 48.5 Å². The second-order valence-corrected chi connectivity index (χ2v) is 7.63. The van der Waals surface area contributed by atoms with Crippen LogP contribution >= 0.6 is 0 Å². The van der Waals surface area contributed by atoms with Crippen molar-refractivity contribution in [1.82, 2.24) is 4.98 Å². The second kappa shape index (κ2) is 7.13. The molecule has 0 aliphatic carbocycles. The van der Waals surface area contributed by atoms with E-state index in [1.54, 1.807) is 24.3 Å². The average Bonchev–Trinajstić information content (AvgIpc) is 2.64. The van der Waals surface area contributed by atoms with E-state index in [0.717, 1.165) is 11.8 Å². The molecule has 0 amide bonds. The quantitative estimate of drug-likeness (QED) is 0.641. The number of fused-ring (bicyclic) bond motifs is 1. The number of nitrogens with zero attached hydrogens (tertiary/aromatic N) is 1. The lowest BCUT2D eigenvalue weighted by Gasteiger charge is -2.16. The molecule has 0 fully saturated rings. The number of hydrogen-bond acceptors (Lipinski definition) is 6. The van der Waals surface area contributed by atoms with Gasteiger partial charge in [0.2, 0.25) is 0 Å². The molecule has 26 heavy (non-hydrogen) atoms. The summed E-state index contributed by atoms with van der Waals surface area (Å²) in [7, 11) is -2.49. The van der Waals surface area contributed by atoms with Gasteiger partial charge in [-0.15, -0.1) is 0 Å². The van der Waals surface area contributed by atoms with Crippen LogP contribution in [-0.2, 0) is 21.2 Å². The number of carbonyl (C=O) groups excluding carboxylic acids is 1. The Morgan fingerprint density at radius 3 is 2.35 bits per heavy atom. The summed E-state index contributed by atoms with van der Waals surface area (Å²) in [6.07, 6.45) is 1.07. The number of ether oxygens (including phenoxy) is 2. The summed E-state index contributed by atoms with van der Waals surface area (Å²) < 4.78 is 35.5. The minimum atomic E-state index is -3.70. The number of carbonyl (C=O) groups is 1. The molecule has 7 heteroatoms. The van der Waals surface area contributed by atoms with Crippen LogP contribution < -0.4 is 4.74 Å². The van der Waals surface area contributed by atoms with Gasteiger partial charge in [-0.3, -0.25) is 0 Å². The molecule has 0 saturated carbocycles. The molecule has 3 aromatic rings. The molecule has 0 atom stereocenters. The van der Waals surface area contributed by atoms with Gasteiger partial charge in [0.05, 0.1) is 12.6 Å². The first-order chi connectivity index (χ1) is 12.4. The highest BCUT2D eigenvalue weighted by Gasteiger charge is 2.27. The molecular formula is C19H17NO5S. The predicted octanol–water partition coefficient (Wildman–Crippen LogP) is 3.00. The van der Waals surface area contributed by atoms with Gasteiger partial charge in [0.1, 0.15) is 11.5 Å². The van der Waals surface area contributed by atoms with Crippen LogP contribution in [-0.4, -0.2) is 32.7 Å². The minimum Gasteiger partial charge on any atom is -0.485 e. The van der Waals surface area contributed by atoms with Crippen molar-refractivity contribution < 1.29 is 22.7 Å². The first-order valence-corrected chi connectivity index (χ1v) is 9.69. The summed E-state index contributed by atoms with van der Waals surface area (Å²) in [5.74, 6) is -0.856. The molecular weight excluding hydrogens is 354 g/mol. The fourth-order valence-electron chi connectivity index (χ4n) is 2.63. The van der Waals surface area contributed by atoms with Crippen LogP contribution in [0.5, 0.6) is 5.75 Å². The third kappa shape index (κ3) is 3.52. The first-order valence-electron chi connectivity index (χ1n) is 7.79. The zero-order chi connectivity index (χ0) is 18.7. The maximum atomic E-state index is 12.5. The standard InChI is InChI=1S/C19H17NO5S/c1-24-19(21)16-17(25-12-13-8-4-3-5-9-13)18(26(2,22)23)14-10-6-7-11-15(14)20-16/h3-11H,12H2,1-2H3. The molecule has 0 aliphatic heterocycles. The Bertz CT molecular complexity index is 1060. The lowest BCUT2D eigenvalue weighted by atomic mass is 10.2. The number of aromatic nitrogens is 1. The molecule has 0 spiro atoms. The Hall–Kier alpha value is -2.93. The van der Waals surface area contributed by atoms with E-state index >= 15 is 0 Å². The van der Waals surface area contributed by atoms with Gasteiger partial charge in [-0.25, -0.2) is 18.2 Å². The van der Waals surface area contributed by atoms with E-state index in [1.165, 1.54) is 7.11 Å². The highest BCUT2D eigenvalue weighted by molar-refractivity contribution is 7.91. The Labute approximate surface area is 151 Å². The van der Waals surface area contributed by atoms with Crippen molar-refractivity contribution in [3.63, 3.8) is 0 Å². The molecule has 0 bridgehead atoms. The molecule has 0 aliphatic rings. The van der Waals surface area contributed by atoms with Crippen molar-refractivity contribution >= 4 is 26.7 Å². The number of esters is 1. The third-order valence-electron chi connectivity index (χ3n) is 3.78. The molecule has 134 valence electrons. The summed E-state index contributed by atoms with van der Waals surface area (Å²) in [5, 5.41) is 0.394. The Morgan fingerprint density at radius 1 is 1.04 bits per heavy atom. The molecule has 0 N–H and O–H groups in total. The summed E-state index contributed by atoms with van der Waals surface area (Å²) in [5.41, 5.74) is 1.04. The fourth-order valence-corrected chi connectivity index (χ4v) is 3.70. The molecule has 6 nitrogen and oxygen atoms in total. The average molecular weight is 371 g/mol. The number of methoxy groups -OCH3 is 1. The van der Waals surface area contributed by atoms with Gasteiger partial charge in [0.25, 0.3) is 0 Å². The predicted molar refractivity (Wildman–Crippen MR) is 97.0 cm³/mol. The van der Waals surface area contributed by atoms with Crippen LogP contribution in [0, 0.1) is 0 Å². The number of sulfone groups is 1. The van der Waals surface area contributed by atoms with E-state index < -0.39 is 15.8 Å². The van der Waals surface area contributed by atoms with Crippen molar-refractivity contribution in [3.8, 4) is 5.75 Å². The number of benzene rings is 2. The second-order valence-electron chi connectivity index (χ2n) is 5.67. The highest BCUT2D eigenvalue weighted by atomic mass is 32.2. The number of rotatable bonds is 5. The van der Waals surface area contributed by atoms with Crippen molar-refractivity contribution in [2.45, 2.75) is 11.5 Å². The topological polar surface area (TPSA) is 82.6 Å². The Balaban J connectivity index is 2.24. The third-order valence-corrected chi connectivity index (χ3v) is 4.92. The summed E-state index contributed by atoms with van der Waals surface area (Å²) >= 11 is 0. The largest absolute Gasteiger partial charge is 0.485 e. The van der Waals surface area contributed by atoms with Crippen LogP contribution in [0.1, 0.15) is 16.1 Å². The minimum absolute atomic E-state index is 0.0700. The smallest absolute Gasteiger partial charge is 0.360 e. The van der Waals surface area contributed by atoms with Gasteiger partial charge >= 0.3 is 5.97 Å². The van der Waals surface area contributed by atoms with E-state index in [1.807, 2.05) is 30.3 Å². The lowest BCUT2D eigenvalue weighted by Crippen LogP contribution is -2.13. The lowest BCUT2D eigenvalue weighted by molar-refractivity contribution is 0.0588. The van der Waals surface area contributed by atoms with Crippen LogP contribution in [0.3, 0.4) is 0 Å². The monoisotopic (exact) mass is 371 g/mol. The zero-order valence-electron chi connectivity index (χ0n) is 14.3. The van der Waals surface area contributed by atoms with Crippen LogP contribution in [0.25, 0.3) is 10.9 Å². The molecule has 1 heterocycles. The van der Waals surface area contributed by atoms with E-state index in [-0.39, 0.29) is 22.9 Å². The maximum Gasteiger partial charge on any atom is 0.360 e. The molecule has 2 aromatic carbocycles. The van der Waals surface area contributed by atoms with E-state index in [9.17, 15) is 13.2 Å². The van der Waals surface area contributed by atoms with E-state index in [0.29, 0.717) is 10.9 Å². The summed E-state index contributed by atoms with van der Waals surface area (Å²) in [6, 6.07) is 15.9. The van der Waals surface area contributed by atoms with Gasteiger partial charge in [-0.2, -0.15) is 0 Å². The van der Waals surface area contributed by atoms with Crippen LogP contribution in [0.15, 0.2) is 59.5 Å². The normalized spacial score (nSPS) is 11.3. The van der Waals surface area contributed by atoms with Gasteiger partial charge in [0.15, 0.2) is 21.3 Å². The SMILES string of the molecule is COC(=O)c1nc2ccccc2c(S(C)(=O)=O)c1OCc1ccccc1. The first kappa shape index (κ1) is 17.9. The van der Waals surface area contributed by atoms with Gasteiger partial charge < -0.3 is 9.47 Å². The number of para-hydroxylation sites is 1. The fraction of sp³-hybridized carbons (Fsp3) is 0.158. The zero-order valence-corrected chi connectivity index (χ0v) is 15.1. The molecule has 0 saturated heterocycles. The van der Waals surface area contributed by atoms with Crippen molar-refractivity contribution in [2.24, 2.45) is 0 Å². The summed E-state index contributed by atoms with van der Waals surface area (Å²) in [4.78, 5) is 16.4. The number of pyridine rings is 1. The van der Waals surface area contributed by atoms with Gasteiger partial charge in [0, 0.05) is 11.6 Å². The van der Waals surface area contributed by atoms with Crippen molar-refractivity contribution in [3.05, 3.63) is 65.9 Å². The molecule has 1 aromatic heterocycles. The van der Waals surface area contributed by atoms with Crippen molar-refractivity contribution in [2.75, 3.05) is 13.4 Å². The number of hydrogen-bond donors (Lipinski definition) is 0. The highest BCUT2D eigenvalue weighted by Crippen LogP contribution is 2.35. The van der Waals surface area contributed by atoms with E-state index in [4.69, 9.17) is 9.47 Å². The van der Waals surface area contributed by atoms with Crippen LogP contribution in [0.2, 0.25) is 0 Å². The Morgan fingerprint density at radius 2 is 1.69 bits per heavy atom. The van der Waals surface area contributed by atoms with E-state index in [2.05, 4.69) is 4.98 Å². The Kier molecular flexibility index (Phi) is 4.90. The van der Waals surface area contributed by atoms with Crippen molar-refractivity contribution in [1.29, 1.82) is 0 Å². The molecule has 0 radical (unpaired) electrons. The molecule has 3 rings (SSSR count). The maximum absolute atomic E-state index is 12.5. The molecule has 0 unspecified atom stereocenters. The van der Waals surface area contributed by atoms with Gasteiger partial charge in [-0.05, 0) is 11.6 Å². The van der Waals surface area contributed by atoms with Crippen LogP contribution in [0.4, 0.5) is 0 Å².